The van der Waals surface area contributed by atoms with Crippen LogP contribution < -0.4 is 0 Å². The van der Waals surface area contributed by atoms with Crippen LogP contribution in [0, 0.1) is 10.1 Å². The molecule has 1 heterocycles. The first-order chi connectivity index (χ1) is 11.7. The van der Waals surface area contributed by atoms with E-state index in [-0.39, 0.29) is 10.6 Å². The van der Waals surface area contributed by atoms with E-state index < -0.39 is 0 Å². The molecule has 4 aromatic rings. The van der Waals surface area contributed by atoms with Gasteiger partial charge in [0.2, 0.25) is 0 Å². The summed E-state index contributed by atoms with van der Waals surface area (Å²) in [5, 5.41) is 13.1. The fourth-order valence-corrected chi connectivity index (χ4v) is 3.06. The minimum atomic E-state index is -0.374. The summed E-state index contributed by atoms with van der Waals surface area (Å²) in [7, 11) is 0. The third kappa shape index (κ3) is 2.48. The highest BCUT2D eigenvalue weighted by Crippen LogP contribution is 2.28. The van der Waals surface area contributed by atoms with E-state index in [0.717, 1.165) is 27.4 Å². The van der Waals surface area contributed by atoms with Crippen LogP contribution >= 0.6 is 0 Å². The lowest BCUT2D eigenvalue weighted by Gasteiger charge is -2.11. The number of aromatic nitrogens is 1. The van der Waals surface area contributed by atoms with Crippen LogP contribution in [0.5, 0.6) is 0 Å². The van der Waals surface area contributed by atoms with Gasteiger partial charge >= 0.3 is 0 Å². The third-order valence-corrected chi connectivity index (χ3v) is 4.23. The van der Waals surface area contributed by atoms with Crippen molar-refractivity contribution in [1.29, 1.82) is 0 Å². The van der Waals surface area contributed by atoms with Crippen molar-refractivity contribution in [2.45, 2.75) is 6.42 Å². The van der Waals surface area contributed by atoms with Crippen LogP contribution in [0.2, 0.25) is 0 Å². The Morgan fingerprint density at radius 3 is 1.88 bits per heavy atom. The number of pyridine rings is 1. The Morgan fingerprint density at radius 1 is 0.792 bits per heavy atom. The van der Waals surface area contributed by atoms with Crippen molar-refractivity contribution in [1.82, 2.24) is 4.98 Å². The molecular formula is C20H14N2O2. The molecule has 1 aromatic heterocycles. The topological polar surface area (TPSA) is 56.0 Å². The van der Waals surface area contributed by atoms with E-state index in [9.17, 15) is 10.1 Å². The summed E-state index contributed by atoms with van der Waals surface area (Å²) < 4.78 is 0. The zero-order valence-electron chi connectivity index (χ0n) is 12.8. The molecule has 4 heteroatoms. The number of nitro groups is 1. The second-order valence-corrected chi connectivity index (χ2v) is 5.72. The fourth-order valence-electron chi connectivity index (χ4n) is 3.06. The molecule has 0 radical (unpaired) electrons. The molecule has 0 atom stereocenters. The first-order valence-electron chi connectivity index (χ1n) is 7.72. The van der Waals surface area contributed by atoms with E-state index in [0.29, 0.717) is 6.42 Å². The maximum absolute atomic E-state index is 10.8. The Balaban J connectivity index is 1.88. The number of para-hydroxylation sites is 2. The average Bonchev–Trinajstić information content (AvgIpc) is 2.62. The van der Waals surface area contributed by atoms with Crippen LogP contribution in [-0.4, -0.2) is 9.91 Å². The van der Waals surface area contributed by atoms with Crippen LogP contribution in [0.4, 0.5) is 5.69 Å². The number of fused-ring (bicyclic) bond motifs is 2. The van der Waals surface area contributed by atoms with E-state index in [4.69, 9.17) is 4.98 Å². The maximum atomic E-state index is 10.8. The van der Waals surface area contributed by atoms with Gasteiger partial charge in [-0.2, -0.15) is 0 Å². The highest BCUT2D eigenvalue weighted by atomic mass is 16.6. The van der Waals surface area contributed by atoms with Crippen LogP contribution in [0.25, 0.3) is 21.8 Å². The second kappa shape index (κ2) is 5.74. The van der Waals surface area contributed by atoms with Crippen molar-refractivity contribution in [3.05, 3.63) is 94.0 Å². The Hall–Kier alpha value is -3.27. The van der Waals surface area contributed by atoms with Crippen LogP contribution in [0.1, 0.15) is 11.1 Å². The molecule has 0 fully saturated rings. The molecule has 0 bridgehead atoms. The lowest BCUT2D eigenvalue weighted by atomic mass is 9.96. The molecule has 3 aromatic carbocycles. The fraction of sp³-hybridized carbons (Fsp3) is 0.0500. The summed E-state index contributed by atoms with van der Waals surface area (Å²) >= 11 is 0. The van der Waals surface area contributed by atoms with E-state index in [1.54, 1.807) is 12.1 Å². The molecule has 0 saturated heterocycles. The lowest BCUT2D eigenvalue weighted by molar-refractivity contribution is -0.384. The van der Waals surface area contributed by atoms with Gasteiger partial charge in [-0.05, 0) is 29.7 Å². The van der Waals surface area contributed by atoms with E-state index in [2.05, 4.69) is 12.1 Å². The molecule has 0 N–H and O–H groups in total. The molecule has 0 saturated carbocycles. The van der Waals surface area contributed by atoms with Gasteiger partial charge < -0.3 is 0 Å². The van der Waals surface area contributed by atoms with Crippen LogP contribution in [-0.2, 0) is 6.42 Å². The molecule has 0 aliphatic carbocycles. The van der Waals surface area contributed by atoms with Crippen molar-refractivity contribution in [2.24, 2.45) is 0 Å². The monoisotopic (exact) mass is 314 g/mol. The summed E-state index contributed by atoms with van der Waals surface area (Å²) in [5.41, 5.74) is 4.29. The minimum absolute atomic E-state index is 0.114. The van der Waals surface area contributed by atoms with Crippen molar-refractivity contribution < 1.29 is 4.92 Å². The molecule has 0 amide bonds. The predicted octanol–water partition coefficient (Wildman–Crippen LogP) is 4.89. The minimum Gasteiger partial charge on any atom is -0.258 e. The highest BCUT2D eigenvalue weighted by Gasteiger charge is 2.10. The van der Waals surface area contributed by atoms with Gasteiger partial charge in [0, 0.05) is 22.9 Å². The molecule has 116 valence electrons. The molecule has 0 aliphatic heterocycles. The van der Waals surface area contributed by atoms with Crippen molar-refractivity contribution in [2.75, 3.05) is 0 Å². The molecule has 0 aliphatic rings. The largest absolute Gasteiger partial charge is 0.269 e. The molecule has 0 spiro atoms. The number of non-ortho nitro benzene ring substituents is 1. The first kappa shape index (κ1) is 14.3. The van der Waals surface area contributed by atoms with Gasteiger partial charge in [-0.3, -0.25) is 10.1 Å². The average molecular weight is 314 g/mol. The van der Waals surface area contributed by atoms with E-state index >= 15 is 0 Å². The van der Waals surface area contributed by atoms with Gasteiger partial charge in [0.1, 0.15) is 0 Å². The summed E-state index contributed by atoms with van der Waals surface area (Å²) in [5.74, 6) is 0. The zero-order chi connectivity index (χ0) is 16.5. The summed E-state index contributed by atoms with van der Waals surface area (Å²) in [4.78, 5) is 15.2. The van der Waals surface area contributed by atoms with Gasteiger partial charge in [-0.1, -0.05) is 48.5 Å². The quantitative estimate of drug-likeness (QED) is 0.307. The molecule has 4 rings (SSSR count). The van der Waals surface area contributed by atoms with Crippen LogP contribution in [0.15, 0.2) is 72.8 Å². The molecule has 4 nitrogen and oxygen atoms in total. The second-order valence-electron chi connectivity index (χ2n) is 5.72. The van der Waals surface area contributed by atoms with Gasteiger partial charge in [0.15, 0.2) is 0 Å². The number of nitro benzene ring substituents is 1. The zero-order valence-corrected chi connectivity index (χ0v) is 12.8. The van der Waals surface area contributed by atoms with Gasteiger partial charge in [0.05, 0.1) is 16.0 Å². The Morgan fingerprint density at radius 2 is 1.33 bits per heavy atom. The Kier molecular flexibility index (Phi) is 3.43. The van der Waals surface area contributed by atoms with Crippen molar-refractivity contribution in [3.63, 3.8) is 0 Å². The smallest absolute Gasteiger partial charge is 0.258 e. The summed E-state index contributed by atoms with van der Waals surface area (Å²) in [6, 6.07) is 22.9. The van der Waals surface area contributed by atoms with Gasteiger partial charge in [-0.25, -0.2) is 4.98 Å². The van der Waals surface area contributed by atoms with Crippen LogP contribution in [0.3, 0.4) is 0 Å². The summed E-state index contributed by atoms with van der Waals surface area (Å²) in [6.45, 7) is 0. The summed E-state index contributed by atoms with van der Waals surface area (Å²) in [6.07, 6.45) is 0.710. The highest BCUT2D eigenvalue weighted by molar-refractivity contribution is 5.97. The number of nitrogens with zero attached hydrogens (tertiary/aromatic N) is 2. The molecule has 24 heavy (non-hydrogen) atoms. The number of hydrogen-bond donors (Lipinski definition) is 0. The maximum Gasteiger partial charge on any atom is 0.269 e. The number of hydrogen-bond acceptors (Lipinski definition) is 3. The third-order valence-electron chi connectivity index (χ3n) is 4.23. The van der Waals surface area contributed by atoms with Gasteiger partial charge in [-0.15, -0.1) is 0 Å². The van der Waals surface area contributed by atoms with Crippen molar-refractivity contribution in [3.8, 4) is 0 Å². The first-order valence-corrected chi connectivity index (χ1v) is 7.72. The molecular weight excluding hydrogens is 300 g/mol. The molecule has 0 unspecified atom stereocenters. The lowest BCUT2D eigenvalue weighted by Crippen LogP contribution is -1.95. The Labute approximate surface area is 138 Å². The van der Waals surface area contributed by atoms with E-state index in [1.807, 2.05) is 48.5 Å². The number of benzene rings is 3. The number of rotatable bonds is 3. The standard InChI is InChI=1S/C20H14N2O2/c23-22(24)15-11-9-14(10-12-15)13-18-16-5-1-3-7-19(16)21-20-8-4-2-6-17(18)20/h1-12H,13H2. The Bertz CT molecular complexity index is 1000. The van der Waals surface area contributed by atoms with E-state index in [1.165, 1.54) is 5.56 Å². The SMILES string of the molecule is O=[N+]([O-])c1ccc(Cc2c3ccccc3nc3ccccc23)cc1. The van der Waals surface area contributed by atoms with Crippen molar-refractivity contribution >= 4 is 27.5 Å². The van der Waals surface area contributed by atoms with Gasteiger partial charge in [0.25, 0.3) is 5.69 Å². The normalized spacial score (nSPS) is 11.0. The predicted molar refractivity (Wildman–Crippen MR) is 95.2 cm³/mol.